The number of piperidine rings is 1. The molecule has 0 amide bonds. The number of hydrogen-bond donors (Lipinski definition) is 0. The van der Waals surface area contributed by atoms with Crippen LogP contribution in [0.2, 0.25) is 0 Å². The molecular weight excluding hydrogens is 210 g/mol. The van der Waals surface area contributed by atoms with Crippen molar-refractivity contribution in [2.45, 2.75) is 45.6 Å². The average molecular weight is 232 g/mol. The van der Waals surface area contributed by atoms with Crippen molar-refractivity contribution in [1.29, 1.82) is 0 Å². The minimum atomic E-state index is 0.356. The molecule has 0 aliphatic carbocycles. The molecule has 0 atom stereocenters. The molecule has 1 aliphatic rings. The van der Waals surface area contributed by atoms with Crippen molar-refractivity contribution < 1.29 is 4.74 Å². The van der Waals surface area contributed by atoms with Gasteiger partial charge in [-0.2, -0.15) is 0 Å². The molecule has 1 saturated heterocycles. The summed E-state index contributed by atoms with van der Waals surface area (Å²) in [5.41, 5.74) is 2.65. The highest BCUT2D eigenvalue weighted by Gasteiger charge is 2.15. The zero-order valence-electron chi connectivity index (χ0n) is 11.1. The lowest BCUT2D eigenvalue weighted by atomic mass is 10.0. The van der Waals surface area contributed by atoms with Gasteiger partial charge in [-0.1, -0.05) is 19.9 Å². The largest absolute Gasteiger partial charge is 0.490 e. The molecule has 93 valence electrons. The second-order valence-corrected chi connectivity index (χ2v) is 5.22. The van der Waals surface area contributed by atoms with Crippen molar-refractivity contribution in [3.05, 3.63) is 29.3 Å². The molecule has 2 nitrogen and oxygen atoms in total. The number of hydrogen-bond acceptors (Lipinski definition) is 1. The van der Waals surface area contributed by atoms with Crippen LogP contribution in [0.25, 0.3) is 0 Å². The van der Waals surface area contributed by atoms with Crippen molar-refractivity contribution in [3.8, 4) is 5.75 Å². The van der Waals surface area contributed by atoms with E-state index in [4.69, 9.17) is 4.74 Å². The van der Waals surface area contributed by atoms with Crippen LogP contribution in [0.3, 0.4) is 0 Å². The molecule has 0 aromatic heterocycles. The van der Waals surface area contributed by atoms with Gasteiger partial charge >= 0.3 is 0 Å². The average Bonchev–Trinajstić information content (AvgIpc) is 2.29. The molecule has 2 heteroatoms. The monoisotopic (exact) mass is 232 g/mol. The van der Waals surface area contributed by atoms with Crippen LogP contribution in [0, 0.1) is 6.92 Å². The van der Waals surface area contributed by atoms with E-state index in [1.165, 1.54) is 11.1 Å². The molecular formula is C15H22NO. The molecule has 1 aromatic rings. The highest BCUT2D eigenvalue weighted by atomic mass is 16.5. The predicted molar refractivity (Wildman–Crippen MR) is 70.8 cm³/mol. The fraction of sp³-hybridized carbons (Fsp3) is 0.600. The predicted octanol–water partition coefficient (Wildman–Crippen LogP) is 3.26. The number of nitrogens with zero attached hydrogens (tertiary/aromatic N) is 1. The second kappa shape index (κ2) is 5.54. The third-order valence-electron chi connectivity index (χ3n) is 3.26. The molecule has 1 aliphatic heterocycles. The minimum Gasteiger partial charge on any atom is -0.490 e. The van der Waals surface area contributed by atoms with Gasteiger partial charge in [0, 0.05) is 13.1 Å². The summed E-state index contributed by atoms with van der Waals surface area (Å²) in [5, 5.41) is 4.35. The standard InChI is InChI=1S/C15H22NO/c1-11(2)13-8-12(3)9-15(10-13)17-14-4-6-16-7-5-14/h8-11,14H,4-7H2,1-3H3. The fourth-order valence-corrected chi connectivity index (χ4v) is 2.21. The topological polar surface area (TPSA) is 23.3 Å². The minimum absolute atomic E-state index is 0.356. The SMILES string of the molecule is Cc1cc(OC2CC[N]CC2)cc(C(C)C)c1. The third kappa shape index (κ3) is 3.47. The van der Waals surface area contributed by atoms with Crippen LogP contribution >= 0.6 is 0 Å². The molecule has 1 radical (unpaired) electrons. The van der Waals surface area contributed by atoms with Crippen molar-refractivity contribution >= 4 is 0 Å². The van der Waals surface area contributed by atoms with Crippen LogP contribution in [0.1, 0.15) is 43.7 Å². The smallest absolute Gasteiger partial charge is 0.120 e. The molecule has 0 saturated carbocycles. The van der Waals surface area contributed by atoms with E-state index in [0.717, 1.165) is 31.7 Å². The first-order chi connectivity index (χ1) is 8.15. The van der Waals surface area contributed by atoms with Crippen molar-refractivity contribution in [2.24, 2.45) is 0 Å². The first-order valence-corrected chi connectivity index (χ1v) is 6.56. The van der Waals surface area contributed by atoms with Gasteiger partial charge in [-0.25, -0.2) is 5.32 Å². The van der Waals surface area contributed by atoms with Crippen LogP contribution in [-0.4, -0.2) is 19.2 Å². The van der Waals surface area contributed by atoms with Gasteiger partial charge in [0.05, 0.1) is 0 Å². The van der Waals surface area contributed by atoms with Gasteiger partial charge < -0.3 is 4.74 Å². The van der Waals surface area contributed by atoms with Gasteiger partial charge in [-0.05, 0) is 48.9 Å². The van der Waals surface area contributed by atoms with E-state index in [1.54, 1.807) is 0 Å². The van der Waals surface area contributed by atoms with E-state index in [0.29, 0.717) is 12.0 Å². The van der Waals surface area contributed by atoms with Crippen LogP contribution in [-0.2, 0) is 0 Å². The second-order valence-electron chi connectivity index (χ2n) is 5.22. The van der Waals surface area contributed by atoms with Gasteiger partial charge in [0.15, 0.2) is 0 Å². The third-order valence-corrected chi connectivity index (χ3v) is 3.26. The summed E-state index contributed by atoms with van der Waals surface area (Å²) in [6.07, 6.45) is 2.48. The van der Waals surface area contributed by atoms with E-state index < -0.39 is 0 Å². The summed E-state index contributed by atoms with van der Waals surface area (Å²) in [4.78, 5) is 0. The Kier molecular flexibility index (Phi) is 4.06. The van der Waals surface area contributed by atoms with E-state index in [2.05, 4.69) is 44.3 Å². The summed E-state index contributed by atoms with van der Waals surface area (Å²) in [6, 6.07) is 6.56. The normalized spacial score (nSPS) is 17.4. The Bertz CT molecular complexity index is 367. The van der Waals surface area contributed by atoms with Crippen molar-refractivity contribution in [3.63, 3.8) is 0 Å². The number of rotatable bonds is 3. The van der Waals surface area contributed by atoms with Crippen molar-refractivity contribution in [2.75, 3.05) is 13.1 Å². The van der Waals surface area contributed by atoms with E-state index in [1.807, 2.05) is 0 Å². The van der Waals surface area contributed by atoms with E-state index >= 15 is 0 Å². The molecule has 0 spiro atoms. The Balaban J connectivity index is 2.09. The van der Waals surface area contributed by atoms with Crippen molar-refractivity contribution in [1.82, 2.24) is 5.32 Å². The lowest BCUT2D eigenvalue weighted by molar-refractivity contribution is 0.161. The summed E-state index contributed by atoms with van der Waals surface area (Å²) in [7, 11) is 0. The zero-order chi connectivity index (χ0) is 12.3. The number of ether oxygens (including phenoxy) is 1. The molecule has 1 fully saturated rings. The molecule has 0 N–H and O–H groups in total. The Morgan fingerprint density at radius 2 is 1.88 bits per heavy atom. The summed E-state index contributed by atoms with van der Waals surface area (Å²) >= 11 is 0. The first kappa shape index (κ1) is 12.4. The van der Waals surface area contributed by atoms with Gasteiger partial charge in [0.25, 0.3) is 0 Å². The number of aryl methyl sites for hydroxylation is 1. The van der Waals surface area contributed by atoms with Crippen LogP contribution < -0.4 is 10.1 Å². The summed E-state index contributed by atoms with van der Waals surface area (Å²) in [5.74, 6) is 1.58. The van der Waals surface area contributed by atoms with Crippen LogP contribution in [0.4, 0.5) is 0 Å². The fourth-order valence-electron chi connectivity index (χ4n) is 2.21. The molecule has 2 rings (SSSR count). The molecule has 0 bridgehead atoms. The quantitative estimate of drug-likeness (QED) is 0.784. The van der Waals surface area contributed by atoms with Gasteiger partial charge in [-0.15, -0.1) is 0 Å². The summed E-state index contributed by atoms with van der Waals surface area (Å²) in [6.45, 7) is 8.48. The maximum atomic E-state index is 6.07. The van der Waals surface area contributed by atoms with Gasteiger partial charge in [-0.3, -0.25) is 0 Å². The molecule has 17 heavy (non-hydrogen) atoms. The molecule has 1 aromatic carbocycles. The molecule has 0 unspecified atom stereocenters. The molecule has 1 heterocycles. The van der Waals surface area contributed by atoms with Crippen LogP contribution in [0.15, 0.2) is 18.2 Å². The highest BCUT2D eigenvalue weighted by Crippen LogP contribution is 2.24. The Morgan fingerprint density at radius 3 is 2.53 bits per heavy atom. The highest BCUT2D eigenvalue weighted by molar-refractivity contribution is 5.35. The Hall–Kier alpha value is -1.02. The Labute approximate surface area is 104 Å². The lowest BCUT2D eigenvalue weighted by Crippen LogP contribution is -2.30. The maximum Gasteiger partial charge on any atom is 0.120 e. The van der Waals surface area contributed by atoms with Crippen LogP contribution in [0.5, 0.6) is 5.75 Å². The summed E-state index contributed by atoms with van der Waals surface area (Å²) < 4.78 is 6.07. The van der Waals surface area contributed by atoms with E-state index in [-0.39, 0.29) is 0 Å². The first-order valence-electron chi connectivity index (χ1n) is 6.56. The lowest BCUT2D eigenvalue weighted by Gasteiger charge is -2.23. The van der Waals surface area contributed by atoms with Gasteiger partial charge in [0.1, 0.15) is 11.9 Å². The maximum absolute atomic E-state index is 6.07. The Morgan fingerprint density at radius 1 is 1.18 bits per heavy atom. The zero-order valence-corrected chi connectivity index (χ0v) is 11.1. The number of benzene rings is 1. The van der Waals surface area contributed by atoms with E-state index in [9.17, 15) is 0 Å². The van der Waals surface area contributed by atoms with Gasteiger partial charge in [0.2, 0.25) is 0 Å².